The fourth-order valence-corrected chi connectivity index (χ4v) is 4.53. The predicted molar refractivity (Wildman–Crippen MR) is 139 cm³/mol. The standard InChI is InChI=1S/C28H37N3O5/c1-17-14-21(32)15-18(2)22(17)16-23(30-27(35)36-28(4,5)6)25(33)29-19(3)26(34)31-13-9-11-20-10-7-8-12-24(20)31/h7-8,10,12,14-15,19,23,32H,9,11,13,16H2,1-6H3,(H,29,33)(H,30,35)/t19-,23?/m1/s1. The van der Waals surface area contributed by atoms with Gasteiger partial charge in [-0.3, -0.25) is 9.59 Å². The molecule has 1 aliphatic heterocycles. The van der Waals surface area contributed by atoms with Gasteiger partial charge in [-0.05, 0) is 94.8 Å². The van der Waals surface area contributed by atoms with E-state index >= 15 is 0 Å². The van der Waals surface area contributed by atoms with Crippen molar-refractivity contribution < 1.29 is 24.2 Å². The van der Waals surface area contributed by atoms with Gasteiger partial charge in [0.05, 0.1) is 0 Å². The number of carbonyl (C=O) groups excluding carboxylic acids is 3. The molecule has 0 fully saturated rings. The summed E-state index contributed by atoms with van der Waals surface area (Å²) in [4.78, 5) is 41.0. The van der Waals surface area contributed by atoms with Gasteiger partial charge in [-0.15, -0.1) is 0 Å². The van der Waals surface area contributed by atoms with E-state index in [0.29, 0.717) is 6.54 Å². The Morgan fingerprint density at radius 2 is 1.72 bits per heavy atom. The van der Waals surface area contributed by atoms with Crippen LogP contribution in [0.15, 0.2) is 36.4 Å². The van der Waals surface area contributed by atoms with Crippen molar-refractivity contribution >= 4 is 23.6 Å². The van der Waals surface area contributed by atoms with Crippen LogP contribution in [0, 0.1) is 13.8 Å². The zero-order valence-electron chi connectivity index (χ0n) is 22.0. The molecule has 1 heterocycles. The molecule has 0 aromatic heterocycles. The normalized spacial score (nSPS) is 14.9. The Bertz CT molecular complexity index is 1120. The van der Waals surface area contributed by atoms with E-state index in [1.807, 2.05) is 38.1 Å². The van der Waals surface area contributed by atoms with Crippen LogP contribution in [0.4, 0.5) is 10.5 Å². The van der Waals surface area contributed by atoms with E-state index in [1.165, 1.54) is 0 Å². The number of phenols is 1. The number of phenolic OH excluding ortho intramolecular Hbond substituents is 1. The van der Waals surface area contributed by atoms with Gasteiger partial charge in [0.1, 0.15) is 23.4 Å². The van der Waals surface area contributed by atoms with Crippen LogP contribution in [-0.2, 0) is 27.2 Å². The zero-order chi connectivity index (χ0) is 26.6. The van der Waals surface area contributed by atoms with Gasteiger partial charge in [0.2, 0.25) is 11.8 Å². The maximum absolute atomic E-state index is 13.4. The number of nitrogens with zero attached hydrogens (tertiary/aromatic N) is 1. The van der Waals surface area contributed by atoms with Crippen molar-refractivity contribution in [3.05, 3.63) is 58.7 Å². The van der Waals surface area contributed by atoms with Gasteiger partial charge in [0, 0.05) is 18.7 Å². The summed E-state index contributed by atoms with van der Waals surface area (Å²) >= 11 is 0. The molecule has 2 aromatic carbocycles. The Hall–Kier alpha value is -3.55. The van der Waals surface area contributed by atoms with Crippen LogP contribution in [0.2, 0.25) is 0 Å². The highest BCUT2D eigenvalue weighted by atomic mass is 16.6. The number of amides is 3. The highest BCUT2D eigenvalue weighted by molar-refractivity contribution is 6.00. The van der Waals surface area contributed by atoms with Crippen LogP contribution < -0.4 is 15.5 Å². The minimum atomic E-state index is -0.981. The molecule has 0 bridgehead atoms. The molecule has 8 nitrogen and oxygen atoms in total. The second-order valence-electron chi connectivity index (χ2n) is 10.4. The van der Waals surface area contributed by atoms with E-state index in [-0.39, 0.29) is 18.1 Å². The Balaban J connectivity index is 1.79. The van der Waals surface area contributed by atoms with E-state index in [4.69, 9.17) is 4.74 Å². The smallest absolute Gasteiger partial charge is 0.408 e. The third-order valence-electron chi connectivity index (χ3n) is 6.20. The molecule has 2 atom stereocenters. The first-order valence-corrected chi connectivity index (χ1v) is 12.3. The number of fused-ring (bicyclic) bond motifs is 1. The monoisotopic (exact) mass is 495 g/mol. The minimum absolute atomic E-state index is 0.135. The highest BCUT2D eigenvalue weighted by Gasteiger charge is 2.31. The van der Waals surface area contributed by atoms with Crippen LogP contribution in [0.5, 0.6) is 5.75 Å². The molecule has 1 aliphatic rings. The molecule has 0 radical (unpaired) electrons. The first-order valence-electron chi connectivity index (χ1n) is 12.3. The molecule has 1 unspecified atom stereocenters. The van der Waals surface area contributed by atoms with Crippen molar-refractivity contribution in [1.29, 1.82) is 0 Å². The van der Waals surface area contributed by atoms with Gasteiger partial charge < -0.3 is 25.4 Å². The summed E-state index contributed by atoms with van der Waals surface area (Å²) in [5.41, 5.74) is 3.66. The quantitative estimate of drug-likeness (QED) is 0.563. The Labute approximate surface area is 213 Å². The van der Waals surface area contributed by atoms with E-state index in [9.17, 15) is 19.5 Å². The number of rotatable bonds is 6. The highest BCUT2D eigenvalue weighted by Crippen LogP contribution is 2.27. The summed E-state index contributed by atoms with van der Waals surface area (Å²) < 4.78 is 5.38. The average molecular weight is 496 g/mol. The number of alkyl carbamates (subject to hydrolysis) is 1. The fourth-order valence-electron chi connectivity index (χ4n) is 4.53. The van der Waals surface area contributed by atoms with Crippen molar-refractivity contribution in [3.63, 3.8) is 0 Å². The van der Waals surface area contributed by atoms with Crippen LogP contribution in [-0.4, -0.2) is 47.2 Å². The number of hydrogen-bond acceptors (Lipinski definition) is 5. The fraction of sp³-hybridized carbons (Fsp3) is 0.464. The summed E-state index contributed by atoms with van der Waals surface area (Å²) in [7, 11) is 0. The number of para-hydroxylation sites is 1. The average Bonchev–Trinajstić information content (AvgIpc) is 2.78. The van der Waals surface area contributed by atoms with Gasteiger partial charge in [0.25, 0.3) is 0 Å². The number of anilines is 1. The number of carbonyl (C=O) groups is 3. The lowest BCUT2D eigenvalue weighted by Crippen LogP contribution is -2.55. The Morgan fingerprint density at radius 1 is 1.08 bits per heavy atom. The zero-order valence-corrected chi connectivity index (χ0v) is 22.0. The summed E-state index contributed by atoms with van der Waals surface area (Å²) in [6.45, 7) is 11.1. The van der Waals surface area contributed by atoms with Crippen molar-refractivity contribution in [2.24, 2.45) is 0 Å². The molecule has 36 heavy (non-hydrogen) atoms. The topological polar surface area (TPSA) is 108 Å². The number of aromatic hydroxyl groups is 1. The lowest BCUT2D eigenvalue weighted by atomic mass is 9.95. The molecule has 0 saturated carbocycles. The lowest BCUT2D eigenvalue weighted by Gasteiger charge is -2.32. The number of nitrogens with one attached hydrogen (secondary N) is 2. The maximum atomic E-state index is 13.4. The molecule has 3 rings (SSSR count). The van der Waals surface area contributed by atoms with Gasteiger partial charge in [-0.1, -0.05) is 18.2 Å². The van der Waals surface area contributed by atoms with Crippen molar-refractivity contribution in [3.8, 4) is 5.75 Å². The molecule has 8 heteroatoms. The van der Waals surface area contributed by atoms with Crippen LogP contribution in [0.1, 0.15) is 56.4 Å². The maximum Gasteiger partial charge on any atom is 0.408 e. The first-order chi connectivity index (χ1) is 16.9. The molecular weight excluding hydrogens is 458 g/mol. The van der Waals surface area contributed by atoms with Gasteiger partial charge in [-0.2, -0.15) is 0 Å². The third-order valence-corrected chi connectivity index (χ3v) is 6.20. The van der Waals surface area contributed by atoms with Crippen LogP contribution >= 0.6 is 0 Å². The lowest BCUT2D eigenvalue weighted by molar-refractivity contribution is -0.128. The molecule has 194 valence electrons. The second-order valence-corrected chi connectivity index (χ2v) is 10.4. The van der Waals surface area contributed by atoms with E-state index < -0.39 is 29.7 Å². The third kappa shape index (κ3) is 6.77. The van der Waals surface area contributed by atoms with E-state index in [0.717, 1.165) is 40.8 Å². The van der Waals surface area contributed by atoms with Crippen molar-refractivity contribution in [1.82, 2.24) is 10.6 Å². The first kappa shape index (κ1) is 27.0. The van der Waals surface area contributed by atoms with Gasteiger partial charge in [-0.25, -0.2) is 4.79 Å². The van der Waals surface area contributed by atoms with Crippen LogP contribution in [0.3, 0.4) is 0 Å². The second kappa shape index (κ2) is 11.0. The Kier molecular flexibility index (Phi) is 8.28. The van der Waals surface area contributed by atoms with E-state index in [1.54, 1.807) is 44.7 Å². The molecule has 0 spiro atoms. The largest absolute Gasteiger partial charge is 0.508 e. The molecule has 2 aromatic rings. The number of ether oxygens (including phenoxy) is 1. The number of hydrogen-bond donors (Lipinski definition) is 3. The summed E-state index contributed by atoms with van der Waals surface area (Å²) in [6, 6.07) is 9.25. The van der Waals surface area contributed by atoms with E-state index in [2.05, 4.69) is 10.6 Å². The summed E-state index contributed by atoms with van der Waals surface area (Å²) in [5, 5.41) is 15.4. The van der Waals surface area contributed by atoms with Crippen molar-refractivity contribution in [2.75, 3.05) is 11.4 Å². The van der Waals surface area contributed by atoms with Crippen molar-refractivity contribution in [2.45, 2.75) is 78.5 Å². The number of aryl methyl sites for hydroxylation is 3. The molecule has 3 N–H and O–H groups in total. The van der Waals surface area contributed by atoms with Crippen LogP contribution in [0.25, 0.3) is 0 Å². The molecule has 0 saturated heterocycles. The predicted octanol–water partition coefficient (Wildman–Crippen LogP) is 3.93. The summed E-state index contributed by atoms with van der Waals surface area (Å²) in [6.07, 6.45) is 1.22. The van der Waals surface area contributed by atoms with Gasteiger partial charge >= 0.3 is 6.09 Å². The van der Waals surface area contributed by atoms with Gasteiger partial charge in [0.15, 0.2) is 0 Å². The SMILES string of the molecule is Cc1cc(O)cc(C)c1CC(NC(=O)OC(C)(C)C)C(=O)N[C@H](C)C(=O)N1CCCc2ccccc21. The summed E-state index contributed by atoms with van der Waals surface area (Å²) in [5.74, 6) is -0.557. The molecule has 0 aliphatic carbocycles. The molecule has 3 amide bonds. The molecular formula is C28H37N3O5. The Morgan fingerprint density at radius 3 is 2.36 bits per heavy atom. The minimum Gasteiger partial charge on any atom is -0.508 e. The number of benzene rings is 2.